The average Bonchev–Trinajstić information content (AvgIpc) is 2.69. The summed E-state index contributed by atoms with van der Waals surface area (Å²) in [6.45, 7) is 4.58. The molecule has 180 valence electrons. The second-order valence-electron chi connectivity index (χ2n) is 10.8. The van der Waals surface area contributed by atoms with E-state index in [1.165, 1.54) is 32.9 Å². The molecule has 3 N–H and O–H groups in total. The molecule has 4 aliphatic carbocycles. The third-order valence-corrected chi connectivity index (χ3v) is 9.84. The van der Waals surface area contributed by atoms with Crippen LogP contribution in [-0.2, 0) is 19.6 Å². The fraction of sp³-hybridized carbons (Fsp3) is 0.652. The molecular formula is C23H31N3O6S. The zero-order chi connectivity index (χ0) is 24.3. The molecule has 0 radical (unpaired) electrons. The summed E-state index contributed by atoms with van der Waals surface area (Å²) in [6, 6.07) is 3.69. The number of rotatable bonds is 8. The quantitative estimate of drug-likeness (QED) is 0.434. The van der Waals surface area contributed by atoms with Gasteiger partial charge >= 0.3 is 0 Å². The Bertz CT molecular complexity index is 1110. The van der Waals surface area contributed by atoms with Crippen molar-refractivity contribution in [2.45, 2.75) is 69.7 Å². The zero-order valence-electron chi connectivity index (χ0n) is 19.2. The van der Waals surface area contributed by atoms with E-state index in [9.17, 15) is 28.1 Å². The van der Waals surface area contributed by atoms with Gasteiger partial charge in [-0.1, -0.05) is 6.07 Å². The zero-order valence-corrected chi connectivity index (χ0v) is 20.0. The second kappa shape index (κ2) is 7.87. The number of ketones is 1. The summed E-state index contributed by atoms with van der Waals surface area (Å²) in [7, 11) is -4.15. The maximum absolute atomic E-state index is 13.3. The second-order valence-corrected chi connectivity index (χ2v) is 12.5. The number of nitro benzene ring substituents is 1. The van der Waals surface area contributed by atoms with Gasteiger partial charge in [-0.2, -0.15) is 4.72 Å². The van der Waals surface area contributed by atoms with Crippen LogP contribution in [-0.4, -0.2) is 30.6 Å². The number of primary amides is 1. The number of Topliss-reactive ketones (excluding diaryl/α,β-unsaturated/α-hetero) is 1. The maximum Gasteiger partial charge on any atom is 0.273 e. The molecule has 0 saturated heterocycles. The van der Waals surface area contributed by atoms with Crippen LogP contribution in [0.3, 0.4) is 0 Å². The summed E-state index contributed by atoms with van der Waals surface area (Å²) in [5, 5.41) is 11.2. The molecular weight excluding hydrogens is 446 g/mol. The van der Waals surface area contributed by atoms with Gasteiger partial charge in [0, 0.05) is 23.5 Å². The van der Waals surface area contributed by atoms with Crippen molar-refractivity contribution in [3.05, 3.63) is 33.9 Å². The minimum absolute atomic E-state index is 0.116. The summed E-state index contributed by atoms with van der Waals surface area (Å²) < 4.78 is 28.4. The molecule has 4 saturated carbocycles. The molecule has 1 amide bonds. The number of sulfonamides is 1. The van der Waals surface area contributed by atoms with Crippen LogP contribution < -0.4 is 10.5 Å². The van der Waals surface area contributed by atoms with Crippen LogP contribution in [0, 0.1) is 46.1 Å². The van der Waals surface area contributed by atoms with Crippen LogP contribution in [0.1, 0.15) is 57.9 Å². The van der Waals surface area contributed by atoms with E-state index in [0.717, 1.165) is 25.3 Å². The van der Waals surface area contributed by atoms with Crippen molar-refractivity contribution >= 4 is 27.4 Å². The molecule has 10 heteroatoms. The first-order chi connectivity index (χ1) is 15.2. The molecule has 0 aliphatic heterocycles. The first kappa shape index (κ1) is 23.8. The van der Waals surface area contributed by atoms with E-state index in [2.05, 4.69) is 4.72 Å². The molecule has 5 rings (SSSR count). The van der Waals surface area contributed by atoms with Crippen molar-refractivity contribution in [2.24, 2.45) is 34.8 Å². The Morgan fingerprint density at radius 1 is 1.21 bits per heavy atom. The molecule has 4 fully saturated rings. The Hall–Kier alpha value is -2.33. The van der Waals surface area contributed by atoms with Gasteiger partial charge in [0.05, 0.1) is 15.4 Å². The van der Waals surface area contributed by atoms with E-state index in [1.54, 1.807) is 0 Å². The minimum atomic E-state index is -4.15. The van der Waals surface area contributed by atoms with Gasteiger partial charge in [-0.25, -0.2) is 8.42 Å². The molecule has 9 nitrogen and oxygen atoms in total. The molecule has 2 unspecified atom stereocenters. The Kier molecular flexibility index (Phi) is 5.68. The van der Waals surface area contributed by atoms with E-state index in [0.29, 0.717) is 24.3 Å². The number of amides is 1. The van der Waals surface area contributed by atoms with Crippen molar-refractivity contribution in [3.63, 3.8) is 0 Å². The van der Waals surface area contributed by atoms with Crippen molar-refractivity contribution in [1.82, 2.24) is 4.72 Å². The summed E-state index contributed by atoms with van der Waals surface area (Å²) in [4.78, 5) is 35.8. The van der Waals surface area contributed by atoms with Crippen molar-refractivity contribution in [1.29, 1.82) is 0 Å². The first-order valence-corrected chi connectivity index (χ1v) is 12.8. The molecule has 4 aliphatic rings. The Morgan fingerprint density at radius 2 is 1.82 bits per heavy atom. The van der Waals surface area contributed by atoms with E-state index >= 15 is 0 Å². The number of nitrogens with one attached hydrogen (secondary N) is 1. The first-order valence-electron chi connectivity index (χ1n) is 11.4. The van der Waals surface area contributed by atoms with Gasteiger partial charge in [-0.3, -0.25) is 19.7 Å². The van der Waals surface area contributed by atoms with E-state index in [4.69, 9.17) is 5.73 Å². The minimum Gasteiger partial charge on any atom is -0.369 e. The SMILES string of the molecule is Cc1ccc(S(=O)(=O)NC(C)(C)C(=O)CC2C3CC4CC2CC(C(N)=O)(C4)C3)cc1[N+](=O)[O-]. The van der Waals surface area contributed by atoms with Crippen molar-refractivity contribution < 1.29 is 22.9 Å². The van der Waals surface area contributed by atoms with Gasteiger partial charge in [0.25, 0.3) is 5.69 Å². The highest BCUT2D eigenvalue weighted by molar-refractivity contribution is 7.89. The molecule has 0 aromatic heterocycles. The molecule has 2 atom stereocenters. The Labute approximate surface area is 193 Å². The fourth-order valence-corrected chi connectivity index (χ4v) is 8.06. The average molecular weight is 478 g/mol. The topological polar surface area (TPSA) is 149 Å². The lowest BCUT2D eigenvalue weighted by molar-refractivity contribution is -0.385. The number of nitro groups is 1. The highest BCUT2D eigenvalue weighted by atomic mass is 32.2. The summed E-state index contributed by atoms with van der Waals surface area (Å²) in [6.07, 6.45) is 4.49. The number of hydrogen-bond acceptors (Lipinski definition) is 6. The third kappa shape index (κ3) is 4.19. The lowest BCUT2D eigenvalue weighted by atomic mass is 9.45. The number of hydrogen-bond donors (Lipinski definition) is 2. The van der Waals surface area contributed by atoms with Crippen LogP contribution >= 0.6 is 0 Å². The normalized spacial score (nSPS) is 30.9. The molecule has 0 heterocycles. The third-order valence-electron chi connectivity index (χ3n) is 8.19. The van der Waals surface area contributed by atoms with Gasteiger partial charge in [0.2, 0.25) is 15.9 Å². The van der Waals surface area contributed by atoms with Gasteiger partial charge in [0.15, 0.2) is 5.78 Å². The molecule has 1 aromatic carbocycles. The predicted molar refractivity (Wildman–Crippen MR) is 121 cm³/mol. The molecule has 33 heavy (non-hydrogen) atoms. The number of aryl methyl sites for hydroxylation is 1. The number of carbonyl (C=O) groups excluding carboxylic acids is 2. The highest BCUT2D eigenvalue weighted by Gasteiger charge is 2.58. The summed E-state index contributed by atoms with van der Waals surface area (Å²) >= 11 is 0. The highest BCUT2D eigenvalue weighted by Crippen LogP contribution is 2.62. The number of nitrogens with two attached hydrogens (primary N) is 1. The van der Waals surface area contributed by atoms with E-state index < -0.39 is 25.9 Å². The molecule has 0 spiro atoms. The van der Waals surface area contributed by atoms with Crippen LogP contribution in [0.15, 0.2) is 23.1 Å². The number of carbonyl (C=O) groups is 2. The van der Waals surface area contributed by atoms with Gasteiger partial charge < -0.3 is 5.73 Å². The van der Waals surface area contributed by atoms with E-state index in [1.807, 2.05) is 0 Å². The van der Waals surface area contributed by atoms with Crippen molar-refractivity contribution in [3.8, 4) is 0 Å². The van der Waals surface area contributed by atoms with Gasteiger partial charge in [-0.05, 0) is 82.6 Å². The van der Waals surface area contributed by atoms with Crippen LogP contribution in [0.2, 0.25) is 0 Å². The molecule has 4 bridgehead atoms. The molecule has 1 aromatic rings. The van der Waals surface area contributed by atoms with Crippen molar-refractivity contribution in [2.75, 3.05) is 0 Å². The fourth-order valence-electron chi connectivity index (χ4n) is 6.64. The van der Waals surface area contributed by atoms with Crippen LogP contribution in [0.4, 0.5) is 5.69 Å². The van der Waals surface area contributed by atoms with Crippen LogP contribution in [0.25, 0.3) is 0 Å². The Balaban J connectivity index is 1.49. The lowest BCUT2D eigenvalue weighted by Gasteiger charge is -2.59. The lowest BCUT2D eigenvalue weighted by Crippen LogP contribution is -2.57. The summed E-state index contributed by atoms with van der Waals surface area (Å²) in [5.74, 6) is 0.640. The monoisotopic (exact) mass is 477 g/mol. The number of nitrogens with zero attached hydrogens (tertiary/aromatic N) is 1. The van der Waals surface area contributed by atoms with E-state index in [-0.39, 0.29) is 46.4 Å². The standard InChI is InChI=1S/C23H31N3O6S/c1-13-4-5-17(8-19(13)26(29)30)33(31,32)25-22(2,3)20(27)9-18-15-6-14-7-16(18)12-23(10-14,11-15)21(24)28/h4-5,8,14-16,18,25H,6-7,9-12H2,1-3H3,(H2,24,28). The number of benzene rings is 1. The smallest absolute Gasteiger partial charge is 0.273 e. The van der Waals surface area contributed by atoms with Crippen LogP contribution in [0.5, 0.6) is 0 Å². The predicted octanol–water partition coefficient (Wildman–Crippen LogP) is 2.85. The van der Waals surface area contributed by atoms with Gasteiger partial charge in [-0.15, -0.1) is 0 Å². The largest absolute Gasteiger partial charge is 0.369 e. The maximum atomic E-state index is 13.3. The van der Waals surface area contributed by atoms with Gasteiger partial charge in [0.1, 0.15) is 0 Å². The Morgan fingerprint density at radius 3 is 2.36 bits per heavy atom. The summed E-state index contributed by atoms with van der Waals surface area (Å²) in [5.41, 5.74) is 3.99.